The second kappa shape index (κ2) is 8.68. The van der Waals surface area contributed by atoms with E-state index < -0.39 is 11.1 Å². The van der Waals surface area contributed by atoms with E-state index in [2.05, 4.69) is 0 Å². The number of ether oxygens (including phenoxy) is 1. The smallest absolute Gasteiger partial charge is 0.291 e. The van der Waals surface area contributed by atoms with Crippen molar-refractivity contribution >= 4 is 40.6 Å². The molecule has 0 aromatic heterocycles. The largest absolute Gasteiger partial charge is 0.352 e. The number of rotatable bonds is 6. The van der Waals surface area contributed by atoms with Crippen LogP contribution in [0.4, 0.5) is 4.79 Å². The molecule has 0 aliphatic carbocycles. The molecule has 1 saturated heterocycles. The number of nitrogens with zero attached hydrogens (tertiary/aromatic N) is 2. The molecule has 8 heteroatoms. The Morgan fingerprint density at radius 1 is 1.10 bits per heavy atom. The maximum absolute atomic E-state index is 13.2. The van der Waals surface area contributed by atoms with Gasteiger partial charge in [-0.25, -0.2) is 4.90 Å². The summed E-state index contributed by atoms with van der Waals surface area (Å²) in [6.07, 6.45) is -0.804. The molecule has 0 bridgehead atoms. The summed E-state index contributed by atoms with van der Waals surface area (Å²) in [4.78, 5) is 41.4. The van der Waals surface area contributed by atoms with Crippen LogP contribution in [0.15, 0.2) is 53.4 Å². The molecule has 2 aromatic rings. The number of thioether (sulfide) groups is 2. The van der Waals surface area contributed by atoms with Gasteiger partial charge in [0.05, 0.1) is 22.8 Å². The Hall–Kier alpha value is -2.29. The molecule has 0 spiro atoms. The fourth-order valence-electron chi connectivity index (χ4n) is 3.77. The van der Waals surface area contributed by atoms with Crippen LogP contribution in [0, 0.1) is 6.92 Å². The molecule has 2 aliphatic heterocycles. The average Bonchev–Trinajstić information content (AvgIpc) is 3.07. The first-order valence-electron chi connectivity index (χ1n) is 10.0. The fourth-order valence-corrected chi connectivity index (χ4v) is 5.71. The van der Waals surface area contributed by atoms with Crippen LogP contribution < -0.4 is 0 Å². The Morgan fingerprint density at radius 2 is 1.84 bits per heavy atom. The molecule has 1 unspecified atom stereocenters. The van der Waals surface area contributed by atoms with Gasteiger partial charge in [-0.05, 0) is 32.9 Å². The monoisotopic (exact) mass is 456 g/mol. The summed E-state index contributed by atoms with van der Waals surface area (Å²) in [6, 6.07) is 15.1. The van der Waals surface area contributed by atoms with Gasteiger partial charge in [-0.2, -0.15) is 0 Å². The van der Waals surface area contributed by atoms with E-state index in [1.165, 1.54) is 4.90 Å². The van der Waals surface area contributed by atoms with E-state index in [4.69, 9.17) is 4.74 Å². The summed E-state index contributed by atoms with van der Waals surface area (Å²) in [5.74, 6) is -0.181. The van der Waals surface area contributed by atoms with Gasteiger partial charge < -0.3 is 9.64 Å². The Kier molecular flexibility index (Phi) is 6.14. The fraction of sp³-hybridized carbons (Fsp3) is 0.348. The van der Waals surface area contributed by atoms with E-state index in [0.717, 1.165) is 27.8 Å². The van der Waals surface area contributed by atoms with Gasteiger partial charge in [0, 0.05) is 17.0 Å². The standard InChI is InChI=1S/C23H24N2O4S2/c1-15-9-10-18-17(13-15)20(27)24(23(2,3)31-18)11-12-29-21(16-7-5-4-6-8-16)25-19(26)14-30-22(25)28/h4-10,13,21H,11-12,14H2,1-3H3. The highest BCUT2D eigenvalue weighted by atomic mass is 32.2. The van der Waals surface area contributed by atoms with Crippen molar-refractivity contribution in [3.8, 4) is 0 Å². The molecular weight excluding hydrogens is 432 g/mol. The number of hydrogen-bond acceptors (Lipinski definition) is 6. The minimum atomic E-state index is -0.804. The molecule has 31 heavy (non-hydrogen) atoms. The summed E-state index contributed by atoms with van der Waals surface area (Å²) in [7, 11) is 0. The SMILES string of the molecule is Cc1ccc2c(c1)C(=O)N(CCOC(c1ccccc1)N1C(=O)CSC1=O)C(C)(C)S2. The number of carbonyl (C=O) groups is 3. The van der Waals surface area contributed by atoms with Crippen LogP contribution in [0.5, 0.6) is 0 Å². The Balaban J connectivity index is 1.52. The van der Waals surface area contributed by atoms with Crippen LogP contribution in [-0.4, -0.2) is 50.6 Å². The van der Waals surface area contributed by atoms with E-state index in [-0.39, 0.29) is 29.4 Å². The van der Waals surface area contributed by atoms with Gasteiger partial charge in [-0.3, -0.25) is 14.4 Å². The number of hydrogen-bond donors (Lipinski definition) is 0. The van der Waals surface area contributed by atoms with Crippen molar-refractivity contribution in [2.75, 3.05) is 18.9 Å². The third-order valence-corrected chi connectivity index (χ3v) is 7.45. The van der Waals surface area contributed by atoms with Gasteiger partial charge >= 0.3 is 0 Å². The molecule has 0 N–H and O–H groups in total. The van der Waals surface area contributed by atoms with Crippen molar-refractivity contribution in [3.05, 3.63) is 65.2 Å². The van der Waals surface area contributed by atoms with Gasteiger partial charge in [0.2, 0.25) is 5.91 Å². The van der Waals surface area contributed by atoms with E-state index in [0.29, 0.717) is 12.1 Å². The highest BCUT2D eigenvalue weighted by molar-refractivity contribution is 8.14. The molecule has 0 saturated carbocycles. The van der Waals surface area contributed by atoms with Crippen molar-refractivity contribution in [2.24, 2.45) is 0 Å². The summed E-state index contributed by atoms with van der Waals surface area (Å²) in [5, 5.41) is -0.312. The molecule has 2 aliphatic rings. The van der Waals surface area contributed by atoms with Gasteiger partial charge in [-0.1, -0.05) is 65.5 Å². The molecule has 4 rings (SSSR count). The third-order valence-electron chi connectivity index (χ3n) is 5.31. The normalized spacial score (nSPS) is 19.0. The Bertz CT molecular complexity index is 1010. The second-order valence-corrected chi connectivity index (χ2v) is 10.5. The summed E-state index contributed by atoms with van der Waals surface area (Å²) >= 11 is 2.62. The maximum atomic E-state index is 13.2. The lowest BCUT2D eigenvalue weighted by molar-refractivity contribution is -0.136. The van der Waals surface area contributed by atoms with Gasteiger partial charge in [0.1, 0.15) is 0 Å². The summed E-state index contributed by atoms with van der Waals surface area (Å²) in [6.45, 7) is 6.53. The average molecular weight is 457 g/mol. The van der Waals surface area contributed by atoms with E-state index in [1.54, 1.807) is 16.7 Å². The molecule has 1 fully saturated rings. The predicted octanol–water partition coefficient (Wildman–Crippen LogP) is 4.69. The first kappa shape index (κ1) is 21.9. The predicted molar refractivity (Wildman–Crippen MR) is 122 cm³/mol. The highest BCUT2D eigenvalue weighted by Crippen LogP contribution is 2.43. The quantitative estimate of drug-likeness (QED) is 0.628. The Labute approximate surface area is 190 Å². The van der Waals surface area contributed by atoms with Gasteiger partial charge in [-0.15, -0.1) is 0 Å². The zero-order chi connectivity index (χ0) is 22.2. The van der Waals surface area contributed by atoms with E-state index in [9.17, 15) is 14.4 Å². The number of aryl methyl sites for hydroxylation is 1. The molecule has 0 radical (unpaired) electrons. The maximum Gasteiger partial charge on any atom is 0.291 e. The zero-order valence-corrected chi connectivity index (χ0v) is 19.3. The number of amides is 3. The van der Waals surface area contributed by atoms with Crippen LogP contribution in [0.25, 0.3) is 0 Å². The van der Waals surface area contributed by atoms with Crippen molar-refractivity contribution in [1.82, 2.24) is 9.80 Å². The molecule has 162 valence electrons. The highest BCUT2D eigenvalue weighted by Gasteiger charge is 2.40. The van der Waals surface area contributed by atoms with Crippen molar-refractivity contribution in [3.63, 3.8) is 0 Å². The molecular formula is C23H24N2O4S2. The molecule has 1 atom stereocenters. The van der Waals surface area contributed by atoms with Crippen molar-refractivity contribution < 1.29 is 19.1 Å². The number of carbonyl (C=O) groups excluding carboxylic acids is 3. The molecule has 2 aromatic carbocycles. The topological polar surface area (TPSA) is 66.9 Å². The zero-order valence-electron chi connectivity index (χ0n) is 17.7. The molecule has 6 nitrogen and oxygen atoms in total. The van der Waals surface area contributed by atoms with Crippen molar-refractivity contribution in [2.45, 2.75) is 36.8 Å². The number of imide groups is 1. The summed E-state index contributed by atoms with van der Waals surface area (Å²) in [5.41, 5.74) is 2.47. The number of fused-ring (bicyclic) bond motifs is 1. The van der Waals surface area contributed by atoms with E-state index in [1.807, 2.05) is 69.3 Å². The lowest BCUT2D eigenvalue weighted by Crippen LogP contribution is -2.50. The number of benzene rings is 2. The Morgan fingerprint density at radius 3 is 2.52 bits per heavy atom. The van der Waals surface area contributed by atoms with Crippen LogP contribution in [-0.2, 0) is 9.53 Å². The first-order chi connectivity index (χ1) is 14.8. The van der Waals surface area contributed by atoms with Crippen LogP contribution in [0.3, 0.4) is 0 Å². The van der Waals surface area contributed by atoms with Crippen LogP contribution in [0.1, 0.15) is 41.6 Å². The third kappa shape index (κ3) is 4.37. The van der Waals surface area contributed by atoms with Gasteiger partial charge in [0.15, 0.2) is 6.23 Å². The van der Waals surface area contributed by atoms with Crippen molar-refractivity contribution in [1.29, 1.82) is 0 Å². The second-order valence-electron chi connectivity index (χ2n) is 7.96. The van der Waals surface area contributed by atoms with E-state index >= 15 is 0 Å². The summed E-state index contributed by atoms with van der Waals surface area (Å²) < 4.78 is 6.08. The first-order valence-corrected chi connectivity index (χ1v) is 11.8. The molecule has 2 heterocycles. The van der Waals surface area contributed by atoms with Crippen LogP contribution >= 0.6 is 23.5 Å². The van der Waals surface area contributed by atoms with Gasteiger partial charge in [0.25, 0.3) is 11.1 Å². The lowest BCUT2D eigenvalue weighted by atomic mass is 10.1. The minimum absolute atomic E-state index is 0.0359. The minimum Gasteiger partial charge on any atom is -0.352 e. The van der Waals surface area contributed by atoms with Crippen LogP contribution in [0.2, 0.25) is 0 Å². The molecule has 3 amide bonds. The lowest BCUT2D eigenvalue weighted by Gasteiger charge is -2.42.